The smallest absolute Gasteiger partial charge is 0.351 e. The normalized spacial score (nSPS) is 11.3. The molecular formula is C19H15F3N4OS2. The molecule has 3 rings (SSSR count). The highest BCUT2D eigenvalue weighted by atomic mass is 32.2. The number of pyridine rings is 1. The number of carbonyl (C=O) groups excluding carboxylic acids is 1. The zero-order chi connectivity index (χ0) is 20.7. The molecule has 5 nitrogen and oxygen atoms in total. The lowest BCUT2D eigenvalue weighted by atomic mass is 10.2. The molecule has 29 heavy (non-hydrogen) atoms. The maximum atomic E-state index is 12.6. The molecule has 0 aliphatic carbocycles. The van der Waals surface area contributed by atoms with Crippen molar-refractivity contribution in [1.29, 1.82) is 0 Å². The number of thioether (sulfide) groups is 2. The van der Waals surface area contributed by atoms with Crippen LogP contribution in [-0.4, -0.2) is 32.1 Å². The fourth-order valence-electron chi connectivity index (χ4n) is 2.32. The Morgan fingerprint density at radius 2 is 1.76 bits per heavy atom. The summed E-state index contributed by atoms with van der Waals surface area (Å²) >= 11 is 0.946. The lowest BCUT2D eigenvalue weighted by Gasteiger charge is -2.11. The van der Waals surface area contributed by atoms with Gasteiger partial charge in [0.05, 0.1) is 17.1 Å². The van der Waals surface area contributed by atoms with Gasteiger partial charge in [0, 0.05) is 23.8 Å². The number of nitrogens with zero attached hydrogens (tertiary/aromatic N) is 3. The second-order valence-electron chi connectivity index (χ2n) is 5.66. The first-order chi connectivity index (χ1) is 13.9. The first-order valence-electron chi connectivity index (χ1n) is 8.38. The van der Waals surface area contributed by atoms with E-state index in [9.17, 15) is 18.0 Å². The SMILES string of the molecule is O=C(CSc1nccc(-c2ccccn2)n1)NCc1ccccc1SC(F)(F)F. The Labute approximate surface area is 173 Å². The van der Waals surface area contributed by atoms with E-state index in [2.05, 4.69) is 20.3 Å². The van der Waals surface area contributed by atoms with Gasteiger partial charge in [-0.15, -0.1) is 0 Å². The summed E-state index contributed by atoms with van der Waals surface area (Å²) in [6.07, 6.45) is 3.24. The topological polar surface area (TPSA) is 67.8 Å². The number of alkyl halides is 3. The number of hydrogen-bond acceptors (Lipinski definition) is 6. The van der Waals surface area contributed by atoms with E-state index >= 15 is 0 Å². The highest BCUT2D eigenvalue weighted by molar-refractivity contribution is 8.00. The molecule has 0 spiro atoms. The molecule has 0 fully saturated rings. The molecule has 0 saturated heterocycles. The molecule has 0 aliphatic rings. The predicted molar refractivity (Wildman–Crippen MR) is 106 cm³/mol. The molecule has 150 valence electrons. The largest absolute Gasteiger partial charge is 0.446 e. The highest BCUT2D eigenvalue weighted by Gasteiger charge is 2.30. The summed E-state index contributed by atoms with van der Waals surface area (Å²) in [5.74, 6) is -0.283. The van der Waals surface area contributed by atoms with Crippen molar-refractivity contribution in [2.45, 2.75) is 22.1 Å². The fourth-order valence-corrected chi connectivity index (χ4v) is 3.64. The van der Waals surface area contributed by atoms with Gasteiger partial charge in [-0.25, -0.2) is 9.97 Å². The van der Waals surface area contributed by atoms with Gasteiger partial charge in [-0.3, -0.25) is 9.78 Å². The van der Waals surface area contributed by atoms with Gasteiger partial charge in [0.2, 0.25) is 5.91 Å². The van der Waals surface area contributed by atoms with Crippen molar-refractivity contribution >= 4 is 29.4 Å². The standard InChI is InChI=1S/C19H15F3N4OS2/c20-19(21,22)29-16-7-2-1-5-13(16)11-25-17(27)12-28-18-24-10-8-15(26-18)14-6-3-4-9-23-14/h1-10H,11-12H2,(H,25,27). The molecular weight excluding hydrogens is 421 g/mol. The van der Waals surface area contributed by atoms with E-state index < -0.39 is 5.51 Å². The van der Waals surface area contributed by atoms with Crippen LogP contribution in [-0.2, 0) is 11.3 Å². The van der Waals surface area contributed by atoms with Crippen molar-refractivity contribution in [3.63, 3.8) is 0 Å². The van der Waals surface area contributed by atoms with Gasteiger partial charge >= 0.3 is 5.51 Å². The summed E-state index contributed by atoms with van der Waals surface area (Å²) < 4.78 is 37.9. The molecule has 2 heterocycles. The minimum absolute atomic E-state index is 0.00742. The van der Waals surface area contributed by atoms with E-state index in [1.807, 2.05) is 12.1 Å². The predicted octanol–water partition coefficient (Wildman–Crippen LogP) is 4.56. The number of aromatic nitrogens is 3. The number of amides is 1. The first-order valence-corrected chi connectivity index (χ1v) is 10.2. The van der Waals surface area contributed by atoms with E-state index in [4.69, 9.17) is 0 Å². The van der Waals surface area contributed by atoms with Crippen molar-refractivity contribution in [3.05, 3.63) is 66.5 Å². The third-order valence-electron chi connectivity index (χ3n) is 3.57. The second kappa shape index (κ2) is 9.75. The maximum Gasteiger partial charge on any atom is 0.446 e. The zero-order valence-electron chi connectivity index (χ0n) is 14.9. The molecule has 3 aromatic rings. The quantitative estimate of drug-likeness (QED) is 0.433. The molecule has 1 aromatic carbocycles. The van der Waals surface area contributed by atoms with Gasteiger partial charge in [-0.05, 0) is 41.6 Å². The number of rotatable bonds is 7. The second-order valence-corrected chi connectivity index (χ2v) is 7.71. The first kappa shape index (κ1) is 21.1. The molecule has 10 heteroatoms. The number of nitrogens with one attached hydrogen (secondary N) is 1. The third-order valence-corrected chi connectivity index (χ3v) is 5.28. The van der Waals surface area contributed by atoms with Crippen LogP contribution in [0.4, 0.5) is 13.2 Å². The van der Waals surface area contributed by atoms with Gasteiger partial charge in [-0.1, -0.05) is 36.0 Å². The molecule has 0 saturated carbocycles. The van der Waals surface area contributed by atoms with Gasteiger partial charge in [0.1, 0.15) is 0 Å². The van der Waals surface area contributed by atoms with Crippen LogP contribution in [0.1, 0.15) is 5.56 Å². The van der Waals surface area contributed by atoms with Gasteiger partial charge in [0.15, 0.2) is 5.16 Å². The van der Waals surface area contributed by atoms with Crippen LogP contribution in [0.15, 0.2) is 71.0 Å². The zero-order valence-corrected chi connectivity index (χ0v) is 16.5. The van der Waals surface area contributed by atoms with Crippen molar-refractivity contribution < 1.29 is 18.0 Å². The minimum atomic E-state index is -4.38. The Morgan fingerprint density at radius 3 is 2.52 bits per heavy atom. The monoisotopic (exact) mass is 436 g/mol. The Morgan fingerprint density at radius 1 is 0.966 bits per heavy atom. The van der Waals surface area contributed by atoms with Crippen LogP contribution < -0.4 is 5.32 Å². The summed E-state index contributed by atoms with van der Waals surface area (Å²) in [6.45, 7) is 0.00742. The fraction of sp³-hybridized carbons (Fsp3) is 0.158. The Bertz CT molecular complexity index is 971. The highest BCUT2D eigenvalue weighted by Crippen LogP contribution is 2.38. The van der Waals surface area contributed by atoms with Crippen LogP contribution in [0, 0.1) is 0 Å². The van der Waals surface area contributed by atoms with Crippen molar-refractivity contribution in [1.82, 2.24) is 20.3 Å². The number of benzene rings is 1. The van der Waals surface area contributed by atoms with E-state index in [0.717, 1.165) is 11.8 Å². The summed E-state index contributed by atoms with van der Waals surface area (Å²) in [4.78, 5) is 24.9. The Hall–Kier alpha value is -2.59. The maximum absolute atomic E-state index is 12.6. The van der Waals surface area contributed by atoms with Crippen LogP contribution in [0.25, 0.3) is 11.4 Å². The van der Waals surface area contributed by atoms with Crippen LogP contribution >= 0.6 is 23.5 Å². The molecule has 0 aliphatic heterocycles. The molecule has 0 atom stereocenters. The Balaban J connectivity index is 1.55. The molecule has 0 radical (unpaired) electrons. The number of carbonyl (C=O) groups is 1. The summed E-state index contributed by atoms with van der Waals surface area (Å²) in [5, 5.41) is 3.05. The van der Waals surface area contributed by atoms with Crippen molar-refractivity contribution in [3.8, 4) is 11.4 Å². The lowest BCUT2D eigenvalue weighted by molar-refractivity contribution is -0.118. The van der Waals surface area contributed by atoms with Crippen LogP contribution in [0.3, 0.4) is 0 Å². The van der Waals surface area contributed by atoms with Crippen LogP contribution in [0.5, 0.6) is 0 Å². The average molecular weight is 436 g/mol. The van der Waals surface area contributed by atoms with Gasteiger partial charge in [0.25, 0.3) is 0 Å². The lowest BCUT2D eigenvalue weighted by Crippen LogP contribution is -2.25. The van der Waals surface area contributed by atoms with Gasteiger partial charge < -0.3 is 5.32 Å². The number of halogens is 3. The minimum Gasteiger partial charge on any atom is -0.351 e. The van der Waals surface area contributed by atoms with Gasteiger partial charge in [-0.2, -0.15) is 13.2 Å². The van der Waals surface area contributed by atoms with E-state index in [0.29, 0.717) is 22.1 Å². The molecule has 0 unspecified atom stereocenters. The summed E-state index contributed by atoms with van der Waals surface area (Å²) in [6, 6.07) is 13.3. The third kappa shape index (κ3) is 6.75. The van der Waals surface area contributed by atoms with E-state index in [-0.39, 0.29) is 34.9 Å². The summed E-state index contributed by atoms with van der Waals surface area (Å²) in [5.41, 5.74) is -2.64. The van der Waals surface area contributed by atoms with E-state index in [1.54, 1.807) is 36.7 Å². The van der Waals surface area contributed by atoms with Crippen molar-refractivity contribution in [2.24, 2.45) is 0 Å². The van der Waals surface area contributed by atoms with E-state index in [1.165, 1.54) is 12.1 Å². The summed E-state index contributed by atoms with van der Waals surface area (Å²) in [7, 11) is 0. The molecule has 1 amide bonds. The molecule has 0 bridgehead atoms. The molecule has 1 N–H and O–H groups in total. The number of hydrogen-bond donors (Lipinski definition) is 1. The Kier molecular flexibility index (Phi) is 7.10. The average Bonchev–Trinajstić information content (AvgIpc) is 2.71. The van der Waals surface area contributed by atoms with Crippen molar-refractivity contribution in [2.75, 3.05) is 5.75 Å². The van der Waals surface area contributed by atoms with Crippen LogP contribution in [0.2, 0.25) is 0 Å². The molecule has 2 aromatic heterocycles.